The van der Waals surface area contributed by atoms with Gasteiger partial charge >= 0.3 is 5.97 Å². The van der Waals surface area contributed by atoms with Gasteiger partial charge in [0.05, 0.1) is 17.5 Å². The molecule has 0 saturated heterocycles. The van der Waals surface area contributed by atoms with E-state index in [4.69, 9.17) is 4.74 Å². The van der Waals surface area contributed by atoms with E-state index in [2.05, 4.69) is 4.72 Å². The molecule has 0 aromatic heterocycles. The van der Waals surface area contributed by atoms with Crippen molar-refractivity contribution >= 4 is 27.5 Å². The van der Waals surface area contributed by atoms with Gasteiger partial charge in [-0.15, -0.1) is 0 Å². The number of rotatable bonds is 6. The van der Waals surface area contributed by atoms with Crippen molar-refractivity contribution in [3.05, 3.63) is 65.5 Å². The lowest BCUT2D eigenvalue weighted by molar-refractivity contribution is 0.0476. The van der Waals surface area contributed by atoms with Gasteiger partial charge in [-0.1, -0.05) is 12.1 Å². The predicted molar refractivity (Wildman–Crippen MR) is 85.9 cm³/mol. The molecule has 0 aliphatic carbocycles. The quantitative estimate of drug-likeness (QED) is 0.637. The number of Topliss-reactive ketones (excluding diaryl/α,β-unsaturated/α-hetero) is 1. The van der Waals surface area contributed by atoms with Gasteiger partial charge in [-0.2, -0.15) is 0 Å². The van der Waals surface area contributed by atoms with Crippen LogP contribution in [0.25, 0.3) is 0 Å². The van der Waals surface area contributed by atoms with Crippen molar-refractivity contribution in [3.8, 4) is 0 Å². The number of halogens is 1. The van der Waals surface area contributed by atoms with Crippen LogP contribution in [0.3, 0.4) is 0 Å². The molecule has 0 saturated carbocycles. The van der Waals surface area contributed by atoms with Crippen molar-refractivity contribution < 1.29 is 27.1 Å². The molecule has 126 valence electrons. The average molecular weight is 351 g/mol. The van der Waals surface area contributed by atoms with Crippen molar-refractivity contribution in [3.63, 3.8) is 0 Å². The third-order valence-corrected chi connectivity index (χ3v) is 3.53. The summed E-state index contributed by atoms with van der Waals surface area (Å²) in [6.45, 7) is -0.544. The fraction of sp³-hybridized carbons (Fsp3) is 0.125. The van der Waals surface area contributed by atoms with Crippen LogP contribution in [0.1, 0.15) is 20.7 Å². The van der Waals surface area contributed by atoms with E-state index in [9.17, 15) is 22.4 Å². The van der Waals surface area contributed by atoms with Gasteiger partial charge in [0, 0.05) is 5.56 Å². The molecule has 0 spiro atoms. The minimum Gasteiger partial charge on any atom is -0.454 e. The number of nitrogens with one attached hydrogen (secondary N) is 1. The van der Waals surface area contributed by atoms with E-state index in [0.717, 1.165) is 18.4 Å². The number of para-hydroxylation sites is 1. The van der Waals surface area contributed by atoms with Crippen LogP contribution in [0.15, 0.2) is 48.5 Å². The van der Waals surface area contributed by atoms with Crippen LogP contribution in [0.4, 0.5) is 10.1 Å². The highest BCUT2D eigenvalue weighted by Crippen LogP contribution is 2.17. The average Bonchev–Trinajstić information content (AvgIpc) is 2.52. The first-order valence-corrected chi connectivity index (χ1v) is 8.68. The predicted octanol–water partition coefficient (Wildman–Crippen LogP) is 2.24. The van der Waals surface area contributed by atoms with Gasteiger partial charge < -0.3 is 4.74 Å². The zero-order chi connectivity index (χ0) is 17.7. The van der Waals surface area contributed by atoms with Crippen molar-refractivity contribution in [2.45, 2.75) is 0 Å². The van der Waals surface area contributed by atoms with Gasteiger partial charge in [-0.05, 0) is 36.4 Å². The summed E-state index contributed by atoms with van der Waals surface area (Å²) in [7, 11) is -3.57. The van der Waals surface area contributed by atoms with Crippen molar-refractivity contribution in [1.29, 1.82) is 0 Å². The molecule has 2 aromatic carbocycles. The van der Waals surface area contributed by atoms with E-state index >= 15 is 0 Å². The summed E-state index contributed by atoms with van der Waals surface area (Å²) in [4.78, 5) is 24.0. The lowest BCUT2D eigenvalue weighted by Crippen LogP contribution is -2.17. The summed E-state index contributed by atoms with van der Waals surface area (Å²) in [5, 5.41) is 0. The number of carbonyl (C=O) groups is 2. The fourth-order valence-electron chi connectivity index (χ4n) is 1.88. The number of ketones is 1. The number of hydrogen-bond donors (Lipinski definition) is 1. The summed E-state index contributed by atoms with van der Waals surface area (Å²) >= 11 is 0. The molecule has 2 rings (SSSR count). The Balaban J connectivity index is 2.08. The van der Waals surface area contributed by atoms with Crippen LogP contribution in [0, 0.1) is 5.82 Å². The highest BCUT2D eigenvalue weighted by Gasteiger charge is 2.16. The van der Waals surface area contributed by atoms with Crippen LogP contribution in [0.5, 0.6) is 0 Å². The zero-order valence-corrected chi connectivity index (χ0v) is 13.5. The van der Waals surface area contributed by atoms with E-state index in [-0.39, 0.29) is 16.8 Å². The summed E-state index contributed by atoms with van der Waals surface area (Å²) in [6, 6.07) is 10.7. The number of sulfonamides is 1. The standard InChI is InChI=1S/C16H14FNO5S/c1-24(21,22)18-14-5-3-2-4-13(14)16(20)23-10-15(19)11-6-8-12(17)9-7-11/h2-9,18H,10H2,1H3. The number of carbonyl (C=O) groups excluding carboxylic acids is 2. The largest absolute Gasteiger partial charge is 0.454 e. The SMILES string of the molecule is CS(=O)(=O)Nc1ccccc1C(=O)OCC(=O)c1ccc(F)cc1. The van der Waals surface area contributed by atoms with Crippen molar-refractivity contribution in [2.75, 3.05) is 17.6 Å². The Morgan fingerprint density at radius 1 is 1.08 bits per heavy atom. The molecule has 0 heterocycles. The molecule has 0 aliphatic heterocycles. The molecule has 1 N–H and O–H groups in total. The molecule has 0 fully saturated rings. The molecule has 0 bridgehead atoms. The zero-order valence-electron chi connectivity index (χ0n) is 12.7. The molecule has 2 aromatic rings. The third-order valence-electron chi connectivity index (χ3n) is 2.94. The Morgan fingerprint density at radius 3 is 2.33 bits per heavy atom. The van der Waals surface area contributed by atoms with Gasteiger partial charge in [0.25, 0.3) is 0 Å². The van der Waals surface area contributed by atoms with E-state index in [1.165, 1.54) is 30.3 Å². The third kappa shape index (κ3) is 4.88. The van der Waals surface area contributed by atoms with Gasteiger partial charge in [-0.25, -0.2) is 17.6 Å². The fourth-order valence-corrected chi connectivity index (χ4v) is 2.46. The lowest BCUT2D eigenvalue weighted by atomic mass is 10.1. The Kier molecular flexibility index (Phi) is 5.30. The maximum absolute atomic E-state index is 12.8. The maximum atomic E-state index is 12.8. The Morgan fingerprint density at radius 2 is 1.71 bits per heavy atom. The van der Waals surface area contributed by atoms with Gasteiger partial charge in [-0.3, -0.25) is 9.52 Å². The Labute approximate surface area is 138 Å². The highest BCUT2D eigenvalue weighted by atomic mass is 32.2. The lowest BCUT2D eigenvalue weighted by Gasteiger charge is -2.10. The molecule has 0 amide bonds. The number of anilines is 1. The van der Waals surface area contributed by atoms with Crippen LogP contribution < -0.4 is 4.72 Å². The van der Waals surface area contributed by atoms with Crippen molar-refractivity contribution in [1.82, 2.24) is 0 Å². The second-order valence-electron chi connectivity index (χ2n) is 4.93. The maximum Gasteiger partial charge on any atom is 0.340 e. The molecule has 8 heteroatoms. The van der Waals surface area contributed by atoms with Gasteiger partial charge in [0.1, 0.15) is 5.82 Å². The molecular weight excluding hydrogens is 337 g/mol. The minimum atomic E-state index is -3.57. The molecule has 0 atom stereocenters. The van der Waals surface area contributed by atoms with Gasteiger partial charge in [0.15, 0.2) is 12.4 Å². The second kappa shape index (κ2) is 7.22. The summed E-state index contributed by atoms with van der Waals surface area (Å²) in [5.41, 5.74) is 0.237. The summed E-state index contributed by atoms with van der Waals surface area (Å²) in [5.74, 6) is -1.83. The topological polar surface area (TPSA) is 89.5 Å². The van der Waals surface area contributed by atoms with Crippen LogP contribution in [0.2, 0.25) is 0 Å². The van der Waals surface area contributed by atoms with E-state index < -0.39 is 34.2 Å². The molecule has 24 heavy (non-hydrogen) atoms. The van der Waals surface area contributed by atoms with Crippen LogP contribution in [-0.2, 0) is 14.8 Å². The van der Waals surface area contributed by atoms with Crippen LogP contribution in [-0.4, -0.2) is 33.0 Å². The number of ether oxygens (including phenoxy) is 1. The monoisotopic (exact) mass is 351 g/mol. The molecule has 0 radical (unpaired) electrons. The second-order valence-corrected chi connectivity index (χ2v) is 6.67. The number of esters is 1. The van der Waals surface area contributed by atoms with Crippen LogP contribution >= 0.6 is 0 Å². The first-order valence-electron chi connectivity index (χ1n) is 6.79. The van der Waals surface area contributed by atoms with E-state index in [1.807, 2.05) is 0 Å². The number of benzene rings is 2. The van der Waals surface area contributed by atoms with Crippen molar-refractivity contribution in [2.24, 2.45) is 0 Å². The minimum absolute atomic E-state index is 0.0187. The van der Waals surface area contributed by atoms with E-state index in [0.29, 0.717) is 0 Å². The molecule has 0 unspecified atom stereocenters. The smallest absolute Gasteiger partial charge is 0.340 e. The summed E-state index contributed by atoms with van der Waals surface area (Å²) < 4.78 is 42.5. The van der Waals surface area contributed by atoms with E-state index in [1.54, 1.807) is 6.07 Å². The molecular formula is C16H14FNO5S. The molecule has 6 nitrogen and oxygen atoms in total. The Bertz CT molecular complexity index is 862. The first kappa shape index (κ1) is 17.6. The summed E-state index contributed by atoms with van der Waals surface area (Å²) in [6.07, 6.45) is 0.952. The number of hydrogen-bond acceptors (Lipinski definition) is 5. The Hall–Kier alpha value is -2.74. The normalized spacial score (nSPS) is 10.9. The first-order chi connectivity index (χ1) is 11.3. The molecule has 0 aliphatic rings. The van der Waals surface area contributed by atoms with Gasteiger partial charge in [0.2, 0.25) is 10.0 Å². The highest BCUT2D eigenvalue weighted by molar-refractivity contribution is 7.92.